The molecule has 0 aliphatic rings. The molecule has 0 saturated carbocycles. The third kappa shape index (κ3) is 3.26. The summed E-state index contributed by atoms with van der Waals surface area (Å²) in [6.45, 7) is 5.90. The molecule has 0 unspecified atom stereocenters. The number of rotatable bonds is 5. The van der Waals surface area contributed by atoms with Gasteiger partial charge in [0.15, 0.2) is 0 Å². The van der Waals surface area contributed by atoms with Crippen molar-refractivity contribution in [3.8, 4) is 10.8 Å². The van der Waals surface area contributed by atoms with Crippen LogP contribution in [0.2, 0.25) is 0 Å². The second-order valence-electron chi connectivity index (χ2n) is 5.20. The standard InChI is InChI=1S/C16H18N2OS2/c1-11-6-8-21-15(11)10-18(3)9-13-12(2)19-16(17-13)14-5-4-7-20-14/h4-8H,9-10H2,1-3H3. The third-order valence-electron chi connectivity index (χ3n) is 3.43. The zero-order valence-corrected chi connectivity index (χ0v) is 14.1. The molecule has 110 valence electrons. The van der Waals surface area contributed by atoms with Crippen LogP contribution in [0.25, 0.3) is 10.8 Å². The molecule has 5 heteroatoms. The van der Waals surface area contributed by atoms with Crippen LogP contribution in [-0.2, 0) is 13.1 Å². The summed E-state index contributed by atoms with van der Waals surface area (Å²) in [6.07, 6.45) is 0. The van der Waals surface area contributed by atoms with Crippen LogP contribution in [0.4, 0.5) is 0 Å². The summed E-state index contributed by atoms with van der Waals surface area (Å²) in [4.78, 5) is 9.43. The molecular formula is C16H18N2OS2. The van der Waals surface area contributed by atoms with Crippen LogP contribution in [0.15, 0.2) is 33.4 Å². The summed E-state index contributed by atoms with van der Waals surface area (Å²) in [5.74, 6) is 1.64. The number of thiophene rings is 2. The number of hydrogen-bond donors (Lipinski definition) is 0. The molecule has 0 spiro atoms. The van der Waals surface area contributed by atoms with E-state index in [0.29, 0.717) is 0 Å². The number of nitrogens with zero attached hydrogens (tertiary/aromatic N) is 2. The second kappa shape index (κ2) is 6.13. The van der Waals surface area contributed by atoms with Crippen molar-refractivity contribution in [2.75, 3.05) is 7.05 Å². The SMILES string of the molecule is Cc1ccsc1CN(C)Cc1nc(-c2cccs2)oc1C. The van der Waals surface area contributed by atoms with Gasteiger partial charge in [-0.3, -0.25) is 4.90 Å². The first kappa shape index (κ1) is 14.5. The van der Waals surface area contributed by atoms with E-state index in [9.17, 15) is 0 Å². The molecule has 3 nitrogen and oxygen atoms in total. The molecule has 21 heavy (non-hydrogen) atoms. The van der Waals surface area contributed by atoms with E-state index in [2.05, 4.69) is 35.3 Å². The van der Waals surface area contributed by atoms with Gasteiger partial charge < -0.3 is 4.42 Å². The van der Waals surface area contributed by atoms with Crippen molar-refractivity contribution in [3.63, 3.8) is 0 Å². The lowest BCUT2D eigenvalue weighted by molar-refractivity contribution is 0.315. The molecule has 0 aliphatic heterocycles. The van der Waals surface area contributed by atoms with Gasteiger partial charge in [0.1, 0.15) is 5.76 Å². The van der Waals surface area contributed by atoms with Crippen LogP contribution in [0.3, 0.4) is 0 Å². The minimum absolute atomic E-state index is 0.734. The summed E-state index contributed by atoms with van der Waals surface area (Å²) in [5, 5.41) is 4.19. The first-order chi connectivity index (χ1) is 10.1. The second-order valence-corrected chi connectivity index (χ2v) is 7.15. The van der Waals surface area contributed by atoms with Gasteiger partial charge >= 0.3 is 0 Å². The normalized spacial score (nSPS) is 11.4. The van der Waals surface area contributed by atoms with Crippen LogP contribution in [0, 0.1) is 13.8 Å². The maximum Gasteiger partial charge on any atom is 0.236 e. The average molecular weight is 318 g/mol. The lowest BCUT2D eigenvalue weighted by Crippen LogP contribution is -2.17. The Bertz CT molecular complexity index is 713. The molecule has 0 amide bonds. The zero-order valence-electron chi connectivity index (χ0n) is 12.4. The maximum atomic E-state index is 5.79. The molecule has 0 atom stereocenters. The highest BCUT2D eigenvalue weighted by Crippen LogP contribution is 2.26. The Morgan fingerprint density at radius 2 is 2.00 bits per heavy atom. The van der Waals surface area contributed by atoms with Crippen LogP contribution in [0.5, 0.6) is 0 Å². The summed E-state index contributed by atoms with van der Waals surface area (Å²) < 4.78 is 5.79. The van der Waals surface area contributed by atoms with E-state index >= 15 is 0 Å². The summed E-state index contributed by atoms with van der Waals surface area (Å²) in [7, 11) is 2.12. The van der Waals surface area contributed by atoms with Crippen molar-refractivity contribution >= 4 is 22.7 Å². The van der Waals surface area contributed by atoms with E-state index in [-0.39, 0.29) is 0 Å². The molecule has 0 fully saturated rings. The van der Waals surface area contributed by atoms with Gasteiger partial charge in [-0.15, -0.1) is 22.7 Å². The van der Waals surface area contributed by atoms with Crippen molar-refractivity contribution in [2.45, 2.75) is 26.9 Å². The van der Waals surface area contributed by atoms with Crippen LogP contribution in [0.1, 0.15) is 21.9 Å². The minimum atomic E-state index is 0.734. The van der Waals surface area contributed by atoms with E-state index in [1.165, 1.54) is 10.4 Å². The lowest BCUT2D eigenvalue weighted by atomic mass is 10.2. The predicted molar refractivity (Wildman–Crippen MR) is 88.8 cm³/mol. The van der Waals surface area contributed by atoms with Crippen molar-refractivity contribution in [2.24, 2.45) is 0 Å². The molecule has 3 heterocycles. The van der Waals surface area contributed by atoms with E-state index < -0.39 is 0 Å². The molecule has 0 radical (unpaired) electrons. The summed E-state index contributed by atoms with van der Waals surface area (Å²) in [6, 6.07) is 6.23. The smallest absolute Gasteiger partial charge is 0.236 e. The van der Waals surface area contributed by atoms with Gasteiger partial charge in [-0.1, -0.05) is 6.07 Å². The van der Waals surface area contributed by atoms with Crippen LogP contribution in [-0.4, -0.2) is 16.9 Å². The third-order valence-corrected chi connectivity index (χ3v) is 5.29. The van der Waals surface area contributed by atoms with Gasteiger partial charge in [0.2, 0.25) is 5.89 Å². The highest BCUT2D eigenvalue weighted by molar-refractivity contribution is 7.13. The van der Waals surface area contributed by atoms with Crippen LogP contribution < -0.4 is 0 Å². The minimum Gasteiger partial charge on any atom is -0.440 e. The fourth-order valence-electron chi connectivity index (χ4n) is 2.20. The average Bonchev–Trinajstić information content (AvgIpc) is 3.14. The zero-order chi connectivity index (χ0) is 14.8. The maximum absolute atomic E-state index is 5.79. The fraction of sp³-hybridized carbons (Fsp3) is 0.312. The summed E-state index contributed by atoms with van der Waals surface area (Å²) in [5.41, 5.74) is 2.39. The van der Waals surface area contributed by atoms with Gasteiger partial charge in [0, 0.05) is 18.0 Å². The molecule has 3 aromatic heterocycles. The number of hydrogen-bond acceptors (Lipinski definition) is 5. The van der Waals surface area contributed by atoms with Crippen molar-refractivity contribution < 1.29 is 4.42 Å². The number of aryl methyl sites for hydroxylation is 2. The van der Waals surface area contributed by atoms with E-state index in [0.717, 1.165) is 35.3 Å². The molecule has 3 aromatic rings. The molecule has 0 N–H and O–H groups in total. The Morgan fingerprint density at radius 3 is 2.67 bits per heavy atom. The molecule has 0 aliphatic carbocycles. The number of aromatic nitrogens is 1. The van der Waals surface area contributed by atoms with E-state index in [4.69, 9.17) is 4.42 Å². The molecule has 3 rings (SSSR count). The topological polar surface area (TPSA) is 29.3 Å². The Kier molecular flexibility index (Phi) is 4.24. The molecule has 0 aromatic carbocycles. The monoisotopic (exact) mass is 318 g/mol. The van der Waals surface area contributed by atoms with Gasteiger partial charge in [0.05, 0.1) is 10.6 Å². The van der Waals surface area contributed by atoms with Crippen LogP contribution >= 0.6 is 22.7 Å². The van der Waals surface area contributed by atoms with Gasteiger partial charge in [-0.2, -0.15) is 0 Å². The first-order valence-electron chi connectivity index (χ1n) is 6.85. The van der Waals surface area contributed by atoms with Crippen molar-refractivity contribution in [3.05, 3.63) is 50.9 Å². The van der Waals surface area contributed by atoms with E-state index in [1.54, 1.807) is 11.3 Å². The fourth-order valence-corrected chi connectivity index (χ4v) is 3.84. The predicted octanol–water partition coefficient (Wildman–Crippen LogP) is 4.71. The molecule has 0 saturated heterocycles. The van der Waals surface area contributed by atoms with Gasteiger partial charge in [-0.25, -0.2) is 4.98 Å². The Labute approximate surface area is 132 Å². The largest absolute Gasteiger partial charge is 0.440 e. The van der Waals surface area contributed by atoms with Crippen molar-refractivity contribution in [1.82, 2.24) is 9.88 Å². The van der Waals surface area contributed by atoms with E-state index in [1.807, 2.05) is 35.8 Å². The van der Waals surface area contributed by atoms with Crippen molar-refractivity contribution in [1.29, 1.82) is 0 Å². The highest BCUT2D eigenvalue weighted by atomic mass is 32.1. The molecular weight excluding hydrogens is 300 g/mol. The Balaban J connectivity index is 1.71. The highest BCUT2D eigenvalue weighted by Gasteiger charge is 2.14. The lowest BCUT2D eigenvalue weighted by Gasteiger charge is -2.14. The van der Waals surface area contributed by atoms with Gasteiger partial charge in [-0.05, 0) is 49.4 Å². The molecule has 0 bridgehead atoms. The summed E-state index contributed by atoms with van der Waals surface area (Å²) >= 11 is 3.47. The first-order valence-corrected chi connectivity index (χ1v) is 8.61. The Morgan fingerprint density at radius 1 is 1.14 bits per heavy atom. The quantitative estimate of drug-likeness (QED) is 0.682. The Hall–Kier alpha value is -1.43. The van der Waals surface area contributed by atoms with Gasteiger partial charge in [0.25, 0.3) is 0 Å². The number of oxazole rings is 1.